The third-order valence-corrected chi connectivity index (χ3v) is 4.89. The maximum atomic E-state index is 11.3. The lowest BCUT2D eigenvalue weighted by Crippen LogP contribution is -2.11. The van der Waals surface area contributed by atoms with E-state index in [1.807, 2.05) is 35.7 Å². The Morgan fingerprint density at radius 3 is 2.39 bits per heavy atom. The molecule has 23 heavy (non-hydrogen) atoms. The predicted molar refractivity (Wildman–Crippen MR) is 89.7 cm³/mol. The topological polar surface area (TPSA) is 82.3 Å². The van der Waals surface area contributed by atoms with Gasteiger partial charge in [-0.25, -0.2) is 18.5 Å². The summed E-state index contributed by atoms with van der Waals surface area (Å²) in [5.41, 5.74) is 1.61. The molecule has 1 heterocycles. The number of nitrogens with zero attached hydrogens (tertiary/aromatic N) is 1. The second-order valence-corrected chi connectivity index (χ2v) is 7.30. The standard InChI is InChI=1S/C16H14N2O3S2/c17-23(19,20)14-8-6-12(7-9-14)15-11-22-16(18-15)10-21-13-4-2-1-3-5-13/h1-9,11H,10H2,(H2,17,19,20). The molecular weight excluding hydrogens is 332 g/mol. The summed E-state index contributed by atoms with van der Waals surface area (Å²) in [4.78, 5) is 4.59. The van der Waals surface area contributed by atoms with Crippen LogP contribution in [0.5, 0.6) is 5.75 Å². The number of rotatable bonds is 5. The van der Waals surface area contributed by atoms with Gasteiger partial charge in [0.05, 0.1) is 10.6 Å². The van der Waals surface area contributed by atoms with Crippen molar-refractivity contribution in [3.05, 3.63) is 65.0 Å². The number of thiazole rings is 1. The van der Waals surface area contributed by atoms with Gasteiger partial charge in [0.15, 0.2) is 0 Å². The minimum absolute atomic E-state index is 0.0871. The molecule has 0 saturated heterocycles. The van der Waals surface area contributed by atoms with Crippen LogP contribution in [0.15, 0.2) is 64.9 Å². The first kappa shape index (κ1) is 15.7. The van der Waals surface area contributed by atoms with Gasteiger partial charge in [-0.1, -0.05) is 30.3 Å². The molecule has 0 spiro atoms. The van der Waals surface area contributed by atoms with Gasteiger partial charge < -0.3 is 4.74 Å². The molecule has 3 aromatic rings. The lowest BCUT2D eigenvalue weighted by Gasteiger charge is -2.03. The van der Waals surface area contributed by atoms with Gasteiger partial charge in [0, 0.05) is 10.9 Å². The highest BCUT2D eigenvalue weighted by Crippen LogP contribution is 2.24. The molecule has 118 valence electrons. The summed E-state index contributed by atoms with van der Waals surface area (Å²) < 4.78 is 28.2. The fraction of sp³-hybridized carbons (Fsp3) is 0.0625. The zero-order chi connectivity index (χ0) is 16.3. The van der Waals surface area contributed by atoms with Crippen LogP contribution in [0.1, 0.15) is 5.01 Å². The number of nitrogens with two attached hydrogens (primary N) is 1. The number of sulfonamides is 1. The number of para-hydroxylation sites is 1. The Morgan fingerprint density at radius 2 is 1.74 bits per heavy atom. The van der Waals surface area contributed by atoms with E-state index in [1.165, 1.54) is 23.5 Å². The van der Waals surface area contributed by atoms with Crippen LogP contribution in [0.25, 0.3) is 11.3 Å². The maximum Gasteiger partial charge on any atom is 0.238 e. The van der Waals surface area contributed by atoms with Crippen LogP contribution < -0.4 is 9.88 Å². The molecular formula is C16H14N2O3S2. The van der Waals surface area contributed by atoms with E-state index in [4.69, 9.17) is 9.88 Å². The quantitative estimate of drug-likeness (QED) is 0.770. The number of hydrogen-bond acceptors (Lipinski definition) is 5. The monoisotopic (exact) mass is 346 g/mol. The average Bonchev–Trinajstić information content (AvgIpc) is 3.02. The lowest BCUT2D eigenvalue weighted by molar-refractivity contribution is 0.305. The van der Waals surface area contributed by atoms with Crippen LogP contribution in [-0.2, 0) is 16.6 Å². The average molecular weight is 346 g/mol. The molecule has 0 atom stereocenters. The summed E-state index contributed by atoms with van der Waals surface area (Å²) >= 11 is 1.49. The second-order valence-electron chi connectivity index (χ2n) is 4.80. The zero-order valence-electron chi connectivity index (χ0n) is 12.0. The van der Waals surface area contributed by atoms with E-state index >= 15 is 0 Å². The van der Waals surface area contributed by atoms with Gasteiger partial charge in [0.2, 0.25) is 10.0 Å². The van der Waals surface area contributed by atoms with Gasteiger partial charge in [-0.3, -0.25) is 0 Å². The van der Waals surface area contributed by atoms with E-state index in [2.05, 4.69) is 4.98 Å². The first-order valence-electron chi connectivity index (χ1n) is 6.78. The predicted octanol–water partition coefficient (Wildman–Crippen LogP) is 3.04. The fourth-order valence-electron chi connectivity index (χ4n) is 1.99. The minimum atomic E-state index is -3.67. The Bertz CT molecular complexity index is 889. The SMILES string of the molecule is NS(=O)(=O)c1ccc(-c2csc(COc3ccccc3)n2)cc1. The highest BCUT2D eigenvalue weighted by molar-refractivity contribution is 7.89. The molecule has 2 N–H and O–H groups in total. The summed E-state index contributed by atoms with van der Waals surface area (Å²) in [6.45, 7) is 0.393. The van der Waals surface area contributed by atoms with E-state index in [0.717, 1.165) is 22.0 Å². The van der Waals surface area contributed by atoms with Gasteiger partial charge in [0.25, 0.3) is 0 Å². The molecule has 3 rings (SSSR count). The molecule has 0 aliphatic carbocycles. The van der Waals surface area contributed by atoms with Crippen LogP contribution >= 0.6 is 11.3 Å². The van der Waals surface area contributed by atoms with Crippen molar-refractivity contribution < 1.29 is 13.2 Å². The normalized spacial score (nSPS) is 11.3. The van der Waals surface area contributed by atoms with Crippen molar-refractivity contribution in [1.82, 2.24) is 4.98 Å². The summed E-state index contributed by atoms with van der Waals surface area (Å²) in [5, 5.41) is 7.85. The Kier molecular flexibility index (Phi) is 4.42. The van der Waals surface area contributed by atoms with Crippen LogP contribution in [-0.4, -0.2) is 13.4 Å². The minimum Gasteiger partial charge on any atom is -0.486 e. The molecule has 0 saturated carbocycles. The molecule has 0 radical (unpaired) electrons. The molecule has 5 nitrogen and oxygen atoms in total. The van der Waals surface area contributed by atoms with Crippen molar-refractivity contribution in [3.8, 4) is 17.0 Å². The van der Waals surface area contributed by atoms with Crippen molar-refractivity contribution in [1.29, 1.82) is 0 Å². The third kappa shape index (κ3) is 3.95. The number of hydrogen-bond donors (Lipinski definition) is 1. The molecule has 7 heteroatoms. The molecule has 0 fully saturated rings. The molecule has 0 unspecified atom stereocenters. The molecule has 2 aromatic carbocycles. The Labute approximate surface area is 138 Å². The molecule has 1 aromatic heterocycles. The largest absolute Gasteiger partial charge is 0.486 e. The lowest BCUT2D eigenvalue weighted by atomic mass is 10.2. The van der Waals surface area contributed by atoms with Gasteiger partial charge in [-0.2, -0.15) is 0 Å². The van der Waals surface area contributed by atoms with Crippen molar-refractivity contribution >= 4 is 21.4 Å². The summed E-state index contributed by atoms with van der Waals surface area (Å²) in [6, 6.07) is 15.9. The van der Waals surface area contributed by atoms with Crippen molar-refractivity contribution in [2.75, 3.05) is 0 Å². The highest BCUT2D eigenvalue weighted by Gasteiger charge is 2.09. The van der Waals surface area contributed by atoms with E-state index in [1.54, 1.807) is 12.1 Å². The van der Waals surface area contributed by atoms with Crippen molar-refractivity contribution in [2.24, 2.45) is 5.14 Å². The second kappa shape index (κ2) is 6.49. The maximum absolute atomic E-state index is 11.3. The zero-order valence-corrected chi connectivity index (χ0v) is 13.7. The summed E-state index contributed by atoms with van der Waals surface area (Å²) in [7, 11) is -3.67. The Balaban J connectivity index is 1.71. The number of aromatic nitrogens is 1. The highest BCUT2D eigenvalue weighted by atomic mass is 32.2. The molecule has 0 aliphatic rings. The number of benzene rings is 2. The van der Waals surface area contributed by atoms with E-state index in [9.17, 15) is 8.42 Å². The fourth-order valence-corrected chi connectivity index (χ4v) is 3.22. The first-order chi connectivity index (χ1) is 11.0. The van der Waals surface area contributed by atoms with Gasteiger partial charge in [-0.05, 0) is 24.3 Å². The van der Waals surface area contributed by atoms with Crippen molar-refractivity contribution in [3.63, 3.8) is 0 Å². The van der Waals surface area contributed by atoms with E-state index in [0.29, 0.717) is 6.61 Å². The van der Waals surface area contributed by atoms with Gasteiger partial charge >= 0.3 is 0 Å². The number of primary sulfonamides is 1. The summed E-state index contributed by atoms with van der Waals surface area (Å²) in [5.74, 6) is 0.793. The first-order valence-corrected chi connectivity index (χ1v) is 9.20. The van der Waals surface area contributed by atoms with Crippen LogP contribution in [0, 0.1) is 0 Å². The van der Waals surface area contributed by atoms with Crippen LogP contribution in [0.3, 0.4) is 0 Å². The van der Waals surface area contributed by atoms with Gasteiger partial charge in [-0.15, -0.1) is 11.3 Å². The summed E-state index contributed by atoms with van der Waals surface area (Å²) in [6.07, 6.45) is 0. The third-order valence-electron chi connectivity index (χ3n) is 3.14. The Hall–Kier alpha value is -2.22. The molecule has 0 bridgehead atoms. The van der Waals surface area contributed by atoms with E-state index in [-0.39, 0.29) is 4.90 Å². The Morgan fingerprint density at radius 1 is 1.04 bits per heavy atom. The van der Waals surface area contributed by atoms with Crippen LogP contribution in [0.2, 0.25) is 0 Å². The van der Waals surface area contributed by atoms with E-state index < -0.39 is 10.0 Å². The van der Waals surface area contributed by atoms with Crippen molar-refractivity contribution in [2.45, 2.75) is 11.5 Å². The van der Waals surface area contributed by atoms with Gasteiger partial charge in [0.1, 0.15) is 17.4 Å². The van der Waals surface area contributed by atoms with Crippen LogP contribution in [0.4, 0.5) is 0 Å². The molecule has 0 aliphatic heterocycles. The number of ether oxygens (including phenoxy) is 1. The molecule has 0 amide bonds. The smallest absolute Gasteiger partial charge is 0.238 e.